The molecule has 0 atom stereocenters. The number of nitrogens with two attached hydrogens (primary N) is 1. The van der Waals surface area contributed by atoms with Gasteiger partial charge >= 0.3 is 0 Å². The van der Waals surface area contributed by atoms with E-state index in [-0.39, 0.29) is 0 Å². The van der Waals surface area contributed by atoms with Gasteiger partial charge in [-0.05, 0) is 29.8 Å². The maximum absolute atomic E-state index is 9.10. The lowest BCUT2D eigenvalue weighted by Crippen LogP contribution is -2.04. The summed E-state index contributed by atoms with van der Waals surface area (Å²) in [5.74, 6) is 0.401. The number of imidazole rings is 1. The molecule has 98 valence electrons. The third kappa shape index (κ3) is 2.09. The lowest BCUT2D eigenvalue weighted by atomic mass is 10.2. The van der Waals surface area contributed by atoms with Crippen LogP contribution in [0.15, 0.2) is 42.5 Å². The maximum Gasteiger partial charge on any atom is 0.201 e. The first-order chi connectivity index (χ1) is 9.69. The molecule has 2 aromatic carbocycles. The molecule has 0 amide bonds. The fraction of sp³-hybridized carbons (Fsp3) is 0.0667. The summed E-state index contributed by atoms with van der Waals surface area (Å²) in [7, 11) is 0. The second-order valence-corrected chi connectivity index (χ2v) is 4.90. The average molecular weight is 283 g/mol. The Bertz CT molecular complexity index is 812. The Morgan fingerprint density at radius 1 is 1.20 bits per heavy atom. The van der Waals surface area contributed by atoms with Crippen LogP contribution in [0.2, 0.25) is 5.02 Å². The first-order valence-electron chi connectivity index (χ1n) is 6.08. The van der Waals surface area contributed by atoms with E-state index < -0.39 is 0 Å². The topological polar surface area (TPSA) is 67.6 Å². The van der Waals surface area contributed by atoms with Crippen molar-refractivity contribution in [3.8, 4) is 6.07 Å². The first-order valence-corrected chi connectivity index (χ1v) is 6.46. The van der Waals surface area contributed by atoms with Crippen LogP contribution >= 0.6 is 11.6 Å². The highest BCUT2D eigenvalue weighted by Crippen LogP contribution is 2.22. The van der Waals surface area contributed by atoms with Gasteiger partial charge in [-0.15, -0.1) is 0 Å². The molecule has 3 aromatic rings. The Labute approximate surface area is 121 Å². The van der Waals surface area contributed by atoms with Crippen LogP contribution in [0, 0.1) is 11.3 Å². The van der Waals surface area contributed by atoms with Gasteiger partial charge in [0, 0.05) is 5.02 Å². The van der Waals surface area contributed by atoms with Gasteiger partial charge in [-0.25, -0.2) is 4.98 Å². The molecule has 0 fully saturated rings. The largest absolute Gasteiger partial charge is 0.369 e. The highest BCUT2D eigenvalue weighted by molar-refractivity contribution is 6.30. The molecule has 0 aliphatic heterocycles. The van der Waals surface area contributed by atoms with Gasteiger partial charge in [0.2, 0.25) is 5.95 Å². The van der Waals surface area contributed by atoms with Crippen molar-refractivity contribution in [1.29, 1.82) is 5.26 Å². The zero-order valence-corrected chi connectivity index (χ0v) is 11.3. The quantitative estimate of drug-likeness (QED) is 0.785. The lowest BCUT2D eigenvalue weighted by molar-refractivity contribution is 0.838. The molecule has 0 unspecified atom stereocenters. The van der Waals surface area contributed by atoms with Crippen LogP contribution in [0.4, 0.5) is 5.95 Å². The van der Waals surface area contributed by atoms with Gasteiger partial charge in [0.15, 0.2) is 0 Å². The van der Waals surface area contributed by atoms with Gasteiger partial charge < -0.3 is 10.3 Å². The fourth-order valence-electron chi connectivity index (χ4n) is 2.19. The molecule has 1 aromatic heterocycles. The van der Waals surface area contributed by atoms with Gasteiger partial charge in [-0.3, -0.25) is 0 Å². The number of anilines is 1. The normalized spacial score (nSPS) is 10.6. The average Bonchev–Trinajstić information content (AvgIpc) is 2.77. The molecule has 1 heterocycles. The van der Waals surface area contributed by atoms with Crippen molar-refractivity contribution in [1.82, 2.24) is 9.55 Å². The number of para-hydroxylation sites is 1. The van der Waals surface area contributed by atoms with Crippen LogP contribution in [0.25, 0.3) is 11.0 Å². The molecule has 0 saturated heterocycles. The van der Waals surface area contributed by atoms with Crippen molar-refractivity contribution in [3.05, 3.63) is 58.6 Å². The van der Waals surface area contributed by atoms with Crippen LogP contribution in [-0.4, -0.2) is 9.55 Å². The molecule has 4 nitrogen and oxygen atoms in total. The SMILES string of the molecule is N#Cc1cccc2c1nc(N)n2Cc1ccc(Cl)cc1. The molecule has 5 heteroatoms. The van der Waals surface area contributed by atoms with E-state index in [0.717, 1.165) is 11.1 Å². The first kappa shape index (κ1) is 12.5. The van der Waals surface area contributed by atoms with Crippen LogP contribution in [0.1, 0.15) is 11.1 Å². The van der Waals surface area contributed by atoms with Crippen molar-refractivity contribution < 1.29 is 0 Å². The number of aromatic nitrogens is 2. The Morgan fingerprint density at radius 2 is 1.95 bits per heavy atom. The van der Waals surface area contributed by atoms with Crippen LogP contribution < -0.4 is 5.73 Å². The summed E-state index contributed by atoms with van der Waals surface area (Å²) in [5, 5.41) is 9.80. The number of nitriles is 1. The van der Waals surface area contributed by atoms with Crippen molar-refractivity contribution >= 4 is 28.6 Å². The molecule has 2 N–H and O–H groups in total. The minimum atomic E-state index is 0.401. The van der Waals surface area contributed by atoms with Crippen molar-refractivity contribution in [2.24, 2.45) is 0 Å². The highest BCUT2D eigenvalue weighted by atomic mass is 35.5. The summed E-state index contributed by atoms with van der Waals surface area (Å²) in [5.41, 5.74) is 9.07. The summed E-state index contributed by atoms with van der Waals surface area (Å²) >= 11 is 5.88. The van der Waals surface area contributed by atoms with E-state index in [1.54, 1.807) is 6.07 Å². The van der Waals surface area contributed by atoms with Gasteiger partial charge in [0.05, 0.1) is 17.6 Å². The standard InChI is InChI=1S/C15H11ClN4/c16-12-6-4-10(5-7-12)9-20-13-3-1-2-11(8-17)14(13)19-15(20)18/h1-7H,9H2,(H2,18,19). The molecule has 0 aliphatic rings. The minimum absolute atomic E-state index is 0.401. The van der Waals surface area contributed by atoms with Crippen molar-refractivity contribution in [2.45, 2.75) is 6.54 Å². The van der Waals surface area contributed by atoms with E-state index in [9.17, 15) is 0 Å². The predicted octanol–water partition coefficient (Wildman–Crippen LogP) is 3.19. The van der Waals surface area contributed by atoms with E-state index in [0.29, 0.717) is 28.6 Å². The van der Waals surface area contributed by atoms with Gasteiger partial charge in [0.1, 0.15) is 11.6 Å². The van der Waals surface area contributed by atoms with E-state index in [1.165, 1.54) is 0 Å². The third-order valence-electron chi connectivity index (χ3n) is 3.18. The molecular formula is C15H11ClN4. The number of benzene rings is 2. The number of fused-ring (bicyclic) bond motifs is 1. The summed E-state index contributed by atoms with van der Waals surface area (Å²) in [6.07, 6.45) is 0. The molecule has 0 radical (unpaired) electrons. The van der Waals surface area contributed by atoms with Crippen LogP contribution in [0.5, 0.6) is 0 Å². The van der Waals surface area contributed by atoms with Crippen LogP contribution in [0.3, 0.4) is 0 Å². The molecule has 0 aliphatic carbocycles. The maximum atomic E-state index is 9.10. The van der Waals surface area contributed by atoms with Crippen molar-refractivity contribution in [3.63, 3.8) is 0 Å². The Morgan fingerprint density at radius 3 is 2.65 bits per heavy atom. The highest BCUT2D eigenvalue weighted by Gasteiger charge is 2.11. The monoisotopic (exact) mass is 282 g/mol. The number of nitrogens with zero attached hydrogens (tertiary/aromatic N) is 3. The third-order valence-corrected chi connectivity index (χ3v) is 3.43. The van der Waals surface area contributed by atoms with Gasteiger partial charge in [-0.2, -0.15) is 5.26 Å². The Kier molecular flexibility index (Phi) is 3.05. The summed E-state index contributed by atoms with van der Waals surface area (Å²) < 4.78 is 1.89. The summed E-state index contributed by atoms with van der Waals surface area (Å²) in [6.45, 7) is 0.592. The zero-order valence-electron chi connectivity index (χ0n) is 10.5. The zero-order chi connectivity index (χ0) is 14.1. The second kappa shape index (κ2) is 4.87. The van der Waals surface area contributed by atoms with Gasteiger partial charge in [-0.1, -0.05) is 29.8 Å². The molecule has 0 saturated carbocycles. The van der Waals surface area contributed by atoms with Crippen LogP contribution in [-0.2, 0) is 6.54 Å². The number of nitrogen functional groups attached to an aromatic ring is 1. The lowest BCUT2D eigenvalue weighted by Gasteiger charge is -2.06. The number of hydrogen-bond donors (Lipinski definition) is 1. The summed E-state index contributed by atoms with van der Waals surface area (Å²) in [6, 6.07) is 15.2. The molecule has 0 spiro atoms. The predicted molar refractivity (Wildman–Crippen MR) is 79.4 cm³/mol. The number of halogens is 1. The molecule has 0 bridgehead atoms. The van der Waals surface area contributed by atoms with E-state index in [4.69, 9.17) is 22.6 Å². The second-order valence-electron chi connectivity index (χ2n) is 4.47. The fourth-order valence-corrected chi connectivity index (χ4v) is 2.32. The minimum Gasteiger partial charge on any atom is -0.369 e. The Hall–Kier alpha value is -2.51. The Balaban J connectivity index is 2.10. The van der Waals surface area contributed by atoms with Crippen molar-refractivity contribution in [2.75, 3.05) is 5.73 Å². The van der Waals surface area contributed by atoms with E-state index in [2.05, 4.69) is 11.1 Å². The van der Waals surface area contributed by atoms with E-state index in [1.807, 2.05) is 41.0 Å². The number of rotatable bonds is 2. The molecule has 3 rings (SSSR count). The summed E-state index contributed by atoms with van der Waals surface area (Å²) in [4.78, 5) is 4.29. The molecular weight excluding hydrogens is 272 g/mol. The smallest absolute Gasteiger partial charge is 0.201 e. The van der Waals surface area contributed by atoms with E-state index >= 15 is 0 Å². The van der Waals surface area contributed by atoms with Gasteiger partial charge in [0.25, 0.3) is 0 Å². The molecule has 20 heavy (non-hydrogen) atoms. The number of hydrogen-bond acceptors (Lipinski definition) is 3.